The van der Waals surface area contributed by atoms with Gasteiger partial charge in [-0.2, -0.15) is 5.48 Å². The maximum Gasteiger partial charge on any atom is 0.152 e. The second-order valence-electron chi connectivity index (χ2n) is 4.65. The van der Waals surface area contributed by atoms with E-state index in [-0.39, 0.29) is 0 Å². The Morgan fingerprint density at radius 3 is 2.60 bits per heavy atom. The van der Waals surface area contributed by atoms with Gasteiger partial charge in [0.05, 0.1) is 12.4 Å². The number of hydrogen-bond donors (Lipinski definition) is 3. The summed E-state index contributed by atoms with van der Waals surface area (Å²) in [5.41, 5.74) is 9.00. The lowest BCUT2D eigenvalue weighted by molar-refractivity contribution is 0.128. The molecule has 0 atom stereocenters. The molecule has 0 unspecified atom stereocenters. The monoisotopic (exact) mass is 279 g/mol. The Kier molecular flexibility index (Phi) is 7.60. The van der Waals surface area contributed by atoms with Gasteiger partial charge in [0.1, 0.15) is 5.76 Å². The molecule has 0 aromatic carbocycles. The Labute approximate surface area is 120 Å². The van der Waals surface area contributed by atoms with Gasteiger partial charge in [0.2, 0.25) is 0 Å². The highest BCUT2D eigenvalue weighted by atomic mass is 16.6. The van der Waals surface area contributed by atoms with Crippen molar-refractivity contribution in [2.24, 2.45) is 15.7 Å². The van der Waals surface area contributed by atoms with Gasteiger partial charge in [-0.25, -0.2) is 4.99 Å². The van der Waals surface area contributed by atoms with E-state index in [9.17, 15) is 0 Å². The molecule has 1 fully saturated rings. The van der Waals surface area contributed by atoms with Crippen LogP contribution in [0.4, 0.5) is 0 Å². The van der Waals surface area contributed by atoms with Gasteiger partial charge in [-0.1, -0.05) is 6.08 Å². The highest BCUT2D eigenvalue weighted by Crippen LogP contribution is 2.11. The van der Waals surface area contributed by atoms with Gasteiger partial charge in [0.15, 0.2) is 5.84 Å². The van der Waals surface area contributed by atoms with Gasteiger partial charge < -0.3 is 15.9 Å². The van der Waals surface area contributed by atoms with Crippen LogP contribution in [0, 0.1) is 0 Å². The van der Waals surface area contributed by atoms with Crippen LogP contribution in [0.15, 0.2) is 33.5 Å². The standard InChI is InChI=1S/C14H25N5O/c1-11(4-5-12(2)20-16-3)14(18-10-15)19-13-6-8-17-9-7-13/h4-5,10,13,16-17H,6-9H2,1-3H3,(H2,15,18,19)/b11-4+,12-5+. The second kappa shape index (κ2) is 9.28. The normalized spacial score (nSPS) is 19.6. The fraction of sp³-hybridized carbons (Fsp3) is 0.571. The first kappa shape index (κ1) is 16.4. The molecule has 20 heavy (non-hydrogen) atoms. The number of allylic oxidation sites excluding steroid dienone is 3. The van der Waals surface area contributed by atoms with Gasteiger partial charge in [-0.3, -0.25) is 4.99 Å². The van der Waals surface area contributed by atoms with Gasteiger partial charge in [0.25, 0.3) is 0 Å². The summed E-state index contributed by atoms with van der Waals surface area (Å²) in [5.74, 6) is 1.46. The van der Waals surface area contributed by atoms with E-state index in [1.807, 2.05) is 26.0 Å². The minimum absolute atomic E-state index is 0.317. The summed E-state index contributed by atoms with van der Waals surface area (Å²) < 4.78 is 0. The number of nitrogens with one attached hydrogen (secondary N) is 2. The fourth-order valence-corrected chi connectivity index (χ4v) is 1.93. The van der Waals surface area contributed by atoms with Crippen LogP contribution in [0.2, 0.25) is 0 Å². The third-order valence-electron chi connectivity index (χ3n) is 2.99. The molecule has 0 aromatic rings. The average molecular weight is 279 g/mol. The zero-order valence-electron chi connectivity index (χ0n) is 12.5. The Balaban J connectivity index is 2.80. The first-order valence-electron chi connectivity index (χ1n) is 6.89. The van der Waals surface area contributed by atoms with E-state index < -0.39 is 0 Å². The topological polar surface area (TPSA) is 84.0 Å². The van der Waals surface area contributed by atoms with E-state index in [0.29, 0.717) is 11.9 Å². The molecular weight excluding hydrogens is 254 g/mol. The smallest absolute Gasteiger partial charge is 0.152 e. The molecule has 6 nitrogen and oxygen atoms in total. The molecule has 0 amide bonds. The van der Waals surface area contributed by atoms with Crippen molar-refractivity contribution in [2.45, 2.75) is 32.7 Å². The Hall–Kier alpha value is -1.66. The molecule has 0 radical (unpaired) electrons. The number of nitrogens with two attached hydrogens (primary N) is 1. The van der Waals surface area contributed by atoms with E-state index in [1.54, 1.807) is 7.05 Å². The number of hydroxylamine groups is 1. The van der Waals surface area contributed by atoms with Crippen LogP contribution < -0.4 is 16.5 Å². The molecule has 0 saturated carbocycles. The van der Waals surface area contributed by atoms with E-state index >= 15 is 0 Å². The summed E-state index contributed by atoms with van der Waals surface area (Å²) in [5, 5.41) is 3.32. The van der Waals surface area contributed by atoms with Crippen molar-refractivity contribution in [1.29, 1.82) is 0 Å². The third kappa shape index (κ3) is 5.99. The molecule has 4 N–H and O–H groups in total. The van der Waals surface area contributed by atoms with Crippen LogP contribution in [-0.4, -0.2) is 38.4 Å². The SMILES string of the molecule is CNO/C(C)=C/C=C(\C)C(N=CN)=NC1CCNCC1. The van der Waals surface area contributed by atoms with E-state index in [0.717, 1.165) is 37.3 Å². The Morgan fingerprint density at radius 1 is 1.30 bits per heavy atom. The van der Waals surface area contributed by atoms with Crippen LogP contribution in [0.3, 0.4) is 0 Å². The molecule has 0 spiro atoms. The van der Waals surface area contributed by atoms with Crippen molar-refractivity contribution in [2.75, 3.05) is 20.1 Å². The van der Waals surface area contributed by atoms with E-state index in [4.69, 9.17) is 15.6 Å². The summed E-state index contributed by atoms with van der Waals surface area (Å²) in [6.45, 7) is 5.85. The molecule has 1 heterocycles. The molecule has 1 aliphatic heterocycles. The lowest BCUT2D eigenvalue weighted by Crippen LogP contribution is -2.30. The summed E-state index contributed by atoms with van der Waals surface area (Å²) in [7, 11) is 1.72. The quantitative estimate of drug-likeness (QED) is 0.231. The molecule has 112 valence electrons. The summed E-state index contributed by atoms with van der Waals surface area (Å²) >= 11 is 0. The van der Waals surface area contributed by atoms with Crippen LogP contribution in [-0.2, 0) is 4.84 Å². The Bertz CT molecular complexity index is 406. The predicted octanol–water partition coefficient (Wildman–Crippen LogP) is 1.13. The number of hydrogen-bond acceptors (Lipinski definition) is 4. The second-order valence-corrected chi connectivity index (χ2v) is 4.65. The molecule has 1 aliphatic rings. The molecule has 6 heteroatoms. The number of amidine groups is 1. The molecule has 0 aliphatic carbocycles. The van der Waals surface area contributed by atoms with E-state index in [1.165, 1.54) is 6.34 Å². The first-order chi connectivity index (χ1) is 9.67. The lowest BCUT2D eigenvalue weighted by Gasteiger charge is -2.19. The number of aliphatic imine (C=N–C) groups is 2. The van der Waals surface area contributed by atoms with Crippen molar-refractivity contribution in [1.82, 2.24) is 10.8 Å². The summed E-state index contributed by atoms with van der Waals surface area (Å²) in [4.78, 5) is 14.0. The molecule has 0 bridgehead atoms. The zero-order valence-corrected chi connectivity index (χ0v) is 12.5. The number of rotatable bonds is 5. The molecule has 1 saturated heterocycles. The third-order valence-corrected chi connectivity index (χ3v) is 2.99. The first-order valence-corrected chi connectivity index (χ1v) is 6.89. The van der Waals surface area contributed by atoms with Crippen LogP contribution in [0.25, 0.3) is 0 Å². The molecule has 1 rings (SSSR count). The van der Waals surface area contributed by atoms with Crippen molar-refractivity contribution < 1.29 is 4.84 Å². The van der Waals surface area contributed by atoms with Crippen molar-refractivity contribution in [3.8, 4) is 0 Å². The maximum atomic E-state index is 5.41. The van der Waals surface area contributed by atoms with Crippen LogP contribution in [0.1, 0.15) is 26.7 Å². The maximum absolute atomic E-state index is 5.41. The number of piperidine rings is 1. The summed E-state index contributed by atoms with van der Waals surface area (Å²) in [6, 6.07) is 0.317. The minimum Gasteiger partial charge on any atom is -0.414 e. The largest absolute Gasteiger partial charge is 0.414 e. The summed E-state index contributed by atoms with van der Waals surface area (Å²) in [6.07, 6.45) is 7.16. The van der Waals surface area contributed by atoms with Crippen molar-refractivity contribution >= 4 is 12.2 Å². The Morgan fingerprint density at radius 2 is 2.00 bits per heavy atom. The zero-order chi connectivity index (χ0) is 14.8. The van der Waals surface area contributed by atoms with Gasteiger partial charge in [0, 0.05) is 7.05 Å². The number of nitrogens with zero attached hydrogens (tertiary/aromatic N) is 2. The highest BCUT2D eigenvalue weighted by Gasteiger charge is 2.12. The predicted molar refractivity (Wildman–Crippen MR) is 83.7 cm³/mol. The fourth-order valence-electron chi connectivity index (χ4n) is 1.93. The van der Waals surface area contributed by atoms with Gasteiger partial charge >= 0.3 is 0 Å². The van der Waals surface area contributed by atoms with E-state index in [2.05, 4.69) is 15.8 Å². The van der Waals surface area contributed by atoms with Crippen molar-refractivity contribution in [3.63, 3.8) is 0 Å². The van der Waals surface area contributed by atoms with Gasteiger partial charge in [-0.05, 0) is 51.4 Å². The lowest BCUT2D eigenvalue weighted by atomic mass is 10.1. The molecular formula is C14H25N5O. The van der Waals surface area contributed by atoms with Gasteiger partial charge in [-0.15, -0.1) is 0 Å². The van der Waals surface area contributed by atoms with Crippen LogP contribution in [0.5, 0.6) is 0 Å². The van der Waals surface area contributed by atoms with Crippen LogP contribution >= 0.6 is 0 Å². The van der Waals surface area contributed by atoms with Crippen molar-refractivity contribution in [3.05, 3.63) is 23.5 Å². The molecule has 0 aromatic heterocycles. The minimum atomic E-state index is 0.317. The highest BCUT2D eigenvalue weighted by molar-refractivity contribution is 6.02. The average Bonchev–Trinajstić information content (AvgIpc) is 2.46.